The first-order valence-corrected chi connectivity index (χ1v) is 6.85. The molecule has 1 aromatic carbocycles. The van der Waals surface area contributed by atoms with Crippen LogP contribution in [-0.4, -0.2) is 32.3 Å². The van der Waals surface area contributed by atoms with Crippen LogP contribution in [0.4, 0.5) is 5.69 Å². The van der Waals surface area contributed by atoms with Crippen LogP contribution < -0.4 is 10.6 Å². The number of hydrogen-bond donors (Lipinski definition) is 1. The molecule has 3 nitrogen and oxygen atoms in total. The Hall–Kier alpha value is -1.06. The highest BCUT2D eigenvalue weighted by Crippen LogP contribution is 2.22. The zero-order valence-electron chi connectivity index (χ0n) is 11.4. The molecule has 1 aliphatic heterocycles. The second-order valence-corrected chi connectivity index (χ2v) is 5.13. The number of anilines is 1. The molecule has 1 aromatic rings. The van der Waals surface area contributed by atoms with Crippen molar-refractivity contribution in [2.45, 2.75) is 38.3 Å². The highest BCUT2D eigenvalue weighted by Gasteiger charge is 2.21. The Kier molecular flexibility index (Phi) is 4.61. The van der Waals surface area contributed by atoms with Gasteiger partial charge in [0.15, 0.2) is 0 Å². The summed E-state index contributed by atoms with van der Waals surface area (Å²) < 4.78 is 5.40. The summed E-state index contributed by atoms with van der Waals surface area (Å²) in [6, 6.07) is 9.09. The zero-order chi connectivity index (χ0) is 13.0. The summed E-state index contributed by atoms with van der Waals surface area (Å²) in [6.07, 6.45) is 3.51. The lowest BCUT2D eigenvalue weighted by molar-refractivity contribution is 0.121. The third-order valence-electron chi connectivity index (χ3n) is 3.80. The minimum atomic E-state index is 0.278. The molecule has 1 aliphatic rings. The van der Waals surface area contributed by atoms with Crippen LogP contribution in [0.25, 0.3) is 0 Å². The number of nitrogens with two attached hydrogens (primary N) is 1. The molecule has 1 fully saturated rings. The van der Waals surface area contributed by atoms with Crippen molar-refractivity contribution in [2.24, 2.45) is 5.73 Å². The Morgan fingerprint density at radius 2 is 2.11 bits per heavy atom. The van der Waals surface area contributed by atoms with Gasteiger partial charge in [-0.2, -0.15) is 0 Å². The molecule has 1 heterocycles. The predicted octanol–water partition coefficient (Wildman–Crippen LogP) is 2.19. The average Bonchev–Trinajstić information content (AvgIpc) is 2.88. The number of hydrogen-bond acceptors (Lipinski definition) is 3. The van der Waals surface area contributed by atoms with Crippen LogP contribution in [0, 0.1) is 0 Å². The first-order valence-electron chi connectivity index (χ1n) is 6.85. The molecule has 2 atom stereocenters. The van der Waals surface area contributed by atoms with Crippen molar-refractivity contribution in [2.75, 3.05) is 25.1 Å². The van der Waals surface area contributed by atoms with E-state index < -0.39 is 0 Å². The van der Waals surface area contributed by atoms with Gasteiger partial charge in [0.05, 0.1) is 6.10 Å². The number of rotatable bonds is 5. The van der Waals surface area contributed by atoms with Crippen LogP contribution >= 0.6 is 0 Å². The normalized spacial score (nSPS) is 21.3. The highest BCUT2D eigenvalue weighted by atomic mass is 16.5. The predicted molar refractivity (Wildman–Crippen MR) is 76.0 cm³/mol. The molecule has 0 bridgehead atoms. The standard InChI is InChI=1S/C15H24N2O/c1-3-13(16)10-12-4-6-14(7-5-12)17-9-8-15(11-17)18-2/h4-7,13,15H,3,8-11,16H2,1-2H3. The Balaban J connectivity index is 1.95. The summed E-state index contributed by atoms with van der Waals surface area (Å²) in [7, 11) is 1.80. The van der Waals surface area contributed by atoms with Crippen molar-refractivity contribution in [3.05, 3.63) is 29.8 Å². The van der Waals surface area contributed by atoms with Crippen molar-refractivity contribution in [3.8, 4) is 0 Å². The SMILES string of the molecule is CCC(N)Cc1ccc(N2CCC(OC)C2)cc1. The van der Waals surface area contributed by atoms with Crippen LogP contribution in [-0.2, 0) is 11.2 Å². The zero-order valence-corrected chi connectivity index (χ0v) is 11.4. The van der Waals surface area contributed by atoms with Crippen LogP contribution in [0.3, 0.4) is 0 Å². The van der Waals surface area contributed by atoms with E-state index in [2.05, 4.69) is 36.1 Å². The molecular formula is C15H24N2O. The summed E-state index contributed by atoms with van der Waals surface area (Å²) in [5.74, 6) is 0. The maximum atomic E-state index is 5.97. The average molecular weight is 248 g/mol. The summed E-state index contributed by atoms with van der Waals surface area (Å²) in [6.45, 7) is 4.23. The second-order valence-electron chi connectivity index (χ2n) is 5.13. The van der Waals surface area contributed by atoms with E-state index in [0.29, 0.717) is 6.10 Å². The van der Waals surface area contributed by atoms with E-state index in [9.17, 15) is 0 Å². The fraction of sp³-hybridized carbons (Fsp3) is 0.600. The Morgan fingerprint density at radius 3 is 2.67 bits per heavy atom. The van der Waals surface area contributed by atoms with Crippen molar-refractivity contribution in [1.29, 1.82) is 0 Å². The van der Waals surface area contributed by atoms with Crippen LogP contribution in [0.15, 0.2) is 24.3 Å². The molecule has 0 aromatic heterocycles. The van der Waals surface area contributed by atoms with Gasteiger partial charge in [-0.05, 0) is 37.0 Å². The summed E-state index contributed by atoms with van der Waals surface area (Å²) in [5.41, 5.74) is 8.60. The molecule has 2 rings (SSSR count). The number of benzene rings is 1. The fourth-order valence-electron chi connectivity index (χ4n) is 2.45. The monoisotopic (exact) mass is 248 g/mol. The lowest BCUT2D eigenvalue weighted by Gasteiger charge is -2.19. The molecule has 0 aliphatic carbocycles. The third kappa shape index (κ3) is 3.24. The van der Waals surface area contributed by atoms with Gasteiger partial charge < -0.3 is 15.4 Å². The molecular weight excluding hydrogens is 224 g/mol. The van der Waals surface area contributed by atoms with E-state index in [1.54, 1.807) is 7.11 Å². The van der Waals surface area contributed by atoms with Crippen molar-refractivity contribution in [1.82, 2.24) is 0 Å². The molecule has 3 heteroatoms. The molecule has 100 valence electrons. The number of methoxy groups -OCH3 is 1. The highest BCUT2D eigenvalue weighted by molar-refractivity contribution is 5.48. The quantitative estimate of drug-likeness (QED) is 0.868. The maximum absolute atomic E-state index is 5.97. The topological polar surface area (TPSA) is 38.5 Å². The summed E-state index contributed by atoms with van der Waals surface area (Å²) >= 11 is 0. The van der Waals surface area contributed by atoms with E-state index in [-0.39, 0.29) is 6.04 Å². The van der Waals surface area contributed by atoms with Gasteiger partial charge in [0.1, 0.15) is 0 Å². The largest absolute Gasteiger partial charge is 0.380 e. The van der Waals surface area contributed by atoms with Gasteiger partial charge in [-0.25, -0.2) is 0 Å². The van der Waals surface area contributed by atoms with Crippen molar-refractivity contribution < 1.29 is 4.74 Å². The molecule has 2 unspecified atom stereocenters. The Morgan fingerprint density at radius 1 is 1.39 bits per heavy atom. The van der Waals surface area contributed by atoms with Gasteiger partial charge in [-0.1, -0.05) is 19.1 Å². The summed E-state index contributed by atoms with van der Waals surface area (Å²) in [4.78, 5) is 2.39. The molecule has 2 N–H and O–H groups in total. The van der Waals surface area contributed by atoms with Crippen LogP contribution in [0.2, 0.25) is 0 Å². The maximum Gasteiger partial charge on any atom is 0.0762 e. The lowest BCUT2D eigenvalue weighted by Crippen LogP contribution is -2.23. The number of nitrogens with zero attached hydrogens (tertiary/aromatic N) is 1. The minimum Gasteiger partial charge on any atom is -0.380 e. The molecule has 0 amide bonds. The molecule has 0 spiro atoms. The van der Waals surface area contributed by atoms with Gasteiger partial charge in [0, 0.05) is 31.9 Å². The molecule has 0 radical (unpaired) electrons. The van der Waals surface area contributed by atoms with Gasteiger partial charge in [0.25, 0.3) is 0 Å². The molecule has 1 saturated heterocycles. The van der Waals surface area contributed by atoms with Gasteiger partial charge in [-0.15, -0.1) is 0 Å². The lowest BCUT2D eigenvalue weighted by atomic mass is 10.0. The number of ether oxygens (including phenoxy) is 1. The Bertz CT molecular complexity index is 363. The van der Waals surface area contributed by atoms with Crippen LogP contribution in [0.1, 0.15) is 25.3 Å². The third-order valence-corrected chi connectivity index (χ3v) is 3.80. The van der Waals surface area contributed by atoms with E-state index in [1.807, 2.05) is 0 Å². The van der Waals surface area contributed by atoms with E-state index in [1.165, 1.54) is 11.3 Å². The van der Waals surface area contributed by atoms with E-state index >= 15 is 0 Å². The molecule has 0 saturated carbocycles. The van der Waals surface area contributed by atoms with E-state index in [4.69, 9.17) is 10.5 Å². The minimum absolute atomic E-state index is 0.278. The van der Waals surface area contributed by atoms with E-state index in [0.717, 1.165) is 32.4 Å². The van der Waals surface area contributed by atoms with Crippen molar-refractivity contribution >= 4 is 5.69 Å². The first kappa shape index (κ1) is 13.4. The first-order chi connectivity index (χ1) is 8.72. The smallest absolute Gasteiger partial charge is 0.0762 e. The van der Waals surface area contributed by atoms with Gasteiger partial charge in [-0.3, -0.25) is 0 Å². The summed E-state index contributed by atoms with van der Waals surface area (Å²) in [5, 5.41) is 0. The van der Waals surface area contributed by atoms with Crippen molar-refractivity contribution in [3.63, 3.8) is 0 Å². The second kappa shape index (κ2) is 6.21. The van der Waals surface area contributed by atoms with Gasteiger partial charge >= 0.3 is 0 Å². The van der Waals surface area contributed by atoms with Gasteiger partial charge in [0.2, 0.25) is 0 Å². The fourth-order valence-corrected chi connectivity index (χ4v) is 2.45. The molecule has 18 heavy (non-hydrogen) atoms. The Labute approximate surface area is 110 Å². The van der Waals surface area contributed by atoms with Crippen LogP contribution in [0.5, 0.6) is 0 Å².